The Hall–Kier alpha value is -0.0549. The van der Waals surface area contributed by atoms with Crippen molar-refractivity contribution < 1.29 is 24.9 Å². The summed E-state index contributed by atoms with van der Waals surface area (Å²) >= 11 is 0.381. The van der Waals surface area contributed by atoms with E-state index in [1.807, 2.05) is 17.5 Å². The molecular weight excluding hydrogens is 323 g/mol. The Morgan fingerprint density at radius 2 is 2.67 bits per heavy atom. The van der Waals surface area contributed by atoms with Crippen LogP contribution in [0.2, 0.25) is 0 Å². The first-order valence-corrected chi connectivity index (χ1v) is 8.55. The zero-order valence-corrected chi connectivity index (χ0v) is 11.0. The van der Waals surface area contributed by atoms with Gasteiger partial charge in [-0.05, 0) is 0 Å². The number of rotatable bonds is 2. The van der Waals surface area contributed by atoms with Crippen molar-refractivity contribution in [2.24, 2.45) is 2.88 Å². The monoisotopic (exact) mass is 327 g/mol. The van der Waals surface area contributed by atoms with Gasteiger partial charge in [-0.2, -0.15) is 0 Å². The van der Waals surface area contributed by atoms with Gasteiger partial charge in [0.05, 0.1) is 0 Å². The van der Waals surface area contributed by atoms with Crippen LogP contribution in [0.4, 0.5) is 0 Å². The van der Waals surface area contributed by atoms with Crippen LogP contribution in [0, 0.1) is 0 Å². The van der Waals surface area contributed by atoms with Crippen molar-refractivity contribution >= 4 is 13.7 Å². The maximum atomic E-state index is 7.98. The predicted octanol–water partition coefficient (Wildman–Crippen LogP) is 1.68. The number of thiophene rings is 1. The van der Waals surface area contributed by atoms with E-state index in [1.165, 1.54) is 2.39 Å². The molecule has 0 fully saturated rings. The Labute approximate surface area is 69.2 Å². The van der Waals surface area contributed by atoms with Gasteiger partial charge in [-0.15, -0.1) is 0 Å². The zero-order valence-electron chi connectivity index (χ0n) is 4.69. The molecule has 0 aromatic carbocycles. The molecule has 0 aliphatic rings. The second-order valence-corrected chi connectivity index (χ2v) is 9.78. The molecule has 0 amide bonds. The molecular formula is C4H3HgN3S. The van der Waals surface area contributed by atoms with Crippen LogP contribution in [0.3, 0.4) is 0 Å². The van der Waals surface area contributed by atoms with Crippen LogP contribution in [0.1, 0.15) is 0 Å². The van der Waals surface area contributed by atoms with E-state index >= 15 is 0 Å². The average molecular weight is 326 g/mol. The third-order valence-corrected chi connectivity index (χ3v) is 7.85. The molecule has 0 saturated heterocycles. The van der Waals surface area contributed by atoms with Crippen molar-refractivity contribution in [2.45, 2.75) is 0 Å². The summed E-state index contributed by atoms with van der Waals surface area (Å²) in [5, 5.41) is 2.02. The van der Waals surface area contributed by atoms with Crippen LogP contribution in [0.15, 0.2) is 20.4 Å². The van der Waals surface area contributed by atoms with E-state index in [-0.39, 0.29) is 0 Å². The van der Waals surface area contributed by atoms with Gasteiger partial charge in [-0.25, -0.2) is 0 Å². The molecule has 0 aliphatic carbocycles. The summed E-state index contributed by atoms with van der Waals surface area (Å²) in [6.45, 7) is 0. The summed E-state index contributed by atoms with van der Waals surface area (Å²) in [6.07, 6.45) is 0. The molecule has 1 aromatic heterocycles. The topological polar surface area (TPSA) is 48.8 Å². The van der Waals surface area contributed by atoms with Crippen molar-refractivity contribution in [2.75, 3.05) is 0 Å². The average Bonchev–Trinajstić information content (AvgIpc) is 2.34. The first-order chi connectivity index (χ1) is 4.43. The van der Waals surface area contributed by atoms with Crippen molar-refractivity contribution in [3.8, 4) is 0 Å². The summed E-state index contributed by atoms with van der Waals surface area (Å²) in [6, 6.07) is 4.04. The molecule has 0 unspecified atom stereocenters. The van der Waals surface area contributed by atoms with Gasteiger partial charge < -0.3 is 0 Å². The van der Waals surface area contributed by atoms with E-state index in [0.717, 1.165) is 0 Å². The summed E-state index contributed by atoms with van der Waals surface area (Å²) in [4.78, 5) is 2.74. The molecule has 0 bridgehead atoms. The van der Waals surface area contributed by atoms with Crippen LogP contribution in [0.25, 0.3) is 10.4 Å². The van der Waals surface area contributed by atoms with Gasteiger partial charge in [0.1, 0.15) is 0 Å². The third kappa shape index (κ3) is 2.34. The normalized spacial score (nSPS) is 7.56. The molecule has 5 heteroatoms. The number of hydrogen-bond acceptors (Lipinski definition) is 2. The fourth-order valence-corrected chi connectivity index (χ4v) is 5.29. The Balaban J connectivity index is 2.57. The van der Waals surface area contributed by atoms with Gasteiger partial charge in [0.25, 0.3) is 0 Å². The minimum atomic E-state index is -1.32. The van der Waals surface area contributed by atoms with Gasteiger partial charge in [-0.3, -0.25) is 0 Å². The summed E-state index contributed by atoms with van der Waals surface area (Å²) in [7, 11) is 0. The van der Waals surface area contributed by atoms with E-state index in [1.54, 1.807) is 11.3 Å². The van der Waals surface area contributed by atoms with Crippen LogP contribution < -0.4 is 2.39 Å². The predicted molar refractivity (Wildman–Crippen MR) is 33.1 cm³/mol. The molecule has 0 spiro atoms. The SMILES string of the molecule is [N-]=[N+]=[N][Hg][c]1cccs1. The van der Waals surface area contributed by atoms with Gasteiger partial charge in [0, 0.05) is 0 Å². The molecule has 0 radical (unpaired) electrons. The molecule has 1 rings (SSSR count). The second-order valence-electron chi connectivity index (χ2n) is 1.47. The van der Waals surface area contributed by atoms with E-state index in [4.69, 9.17) is 5.53 Å². The Morgan fingerprint density at radius 3 is 3.22 bits per heavy atom. The molecule has 42 valence electrons. The molecule has 0 atom stereocenters. The molecule has 3 nitrogen and oxygen atoms in total. The van der Waals surface area contributed by atoms with Crippen LogP contribution in [0.5, 0.6) is 0 Å². The minimum absolute atomic E-state index is 1.32. The molecule has 0 saturated carbocycles. The van der Waals surface area contributed by atoms with Crippen LogP contribution in [-0.4, -0.2) is 0 Å². The van der Waals surface area contributed by atoms with E-state index < -0.39 is 24.9 Å². The Morgan fingerprint density at radius 1 is 1.78 bits per heavy atom. The molecule has 9 heavy (non-hydrogen) atoms. The van der Waals surface area contributed by atoms with E-state index in [0.29, 0.717) is 0 Å². The second kappa shape index (κ2) is 3.87. The zero-order chi connectivity index (χ0) is 6.53. The number of azide groups is 1. The first kappa shape index (κ1) is 7.06. The molecule has 1 heterocycles. The standard InChI is InChI=1S/C4H3S.Hg.N3/c1-2-4-5-3-1;;1-3-2/h1-3H;;/q;+1;-1. The van der Waals surface area contributed by atoms with Gasteiger partial charge in [0.2, 0.25) is 0 Å². The van der Waals surface area contributed by atoms with E-state index in [2.05, 4.69) is 7.79 Å². The first-order valence-electron chi connectivity index (χ1n) is 2.46. The summed E-state index contributed by atoms with van der Waals surface area (Å²) in [5.74, 6) is 0. The van der Waals surface area contributed by atoms with Crippen molar-refractivity contribution in [3.63, 3.8) is 0 Å². The summed E-state index contributed by atoms with van der Waals surface area (Å²) in [5.41, 5.74) is 7.98. The van der Waals surface area contributed by atoms with Crippen molar-refractivity contribution in [3.05, 3.63) is 28.0 Å². The molecule has 0 N–H and O–H groups in total. The van der Waals surface area contributed by atoms with Gasteiger partial charge in [0.15, 0.2) is 0 Å². The van der Waals surface area contributed by atoms with Crippen molar-refractivity contribution in [1.82, 2.24) is 0 Å². The number of hydrogen-bond donors (Lipinski definition) is 0. The number of nitrogens with zero attached hydrogens (tertiary/aromatic N) is 3. The Kier molecular flexibility index (Phi) is 3.04. The van der Waals surface area contributed by atoms with Crippen LogP contribution in [-0.2, 0) is 24.9 Å². The Bertz CT molecular complexity index is 214. The van der Waals surface area contributed by atoms with Crippen LogP contribution >= 0.6 is 11.3 Å². The fourth-order valence-electron chi connectivity index (χ4n) is 0.504. The third-order valence-electron chi connectivity index (χ3n) is 0.870. The maximum absolute atomic E-state index is 7.98. The molecule has 1 aromatic rings. The molecule has 0 aliphatic heterocycles. The quantitative estimate of drug-likeness (QED) is 0.344. The van der Waals surface area contributed by atoms with Gasteiger partial charge in [-0.1, -0.05) is 0 Å². The fraction of sp³-hybridized carbons (Fsp3) is 0. The van der Waals surface area contributed by atoms with Crippen molar-refractivity contribution in [1.29, 1.82) is 0 Å². The van der Waals surface area contributed by atoms with Gasteiger partial charge >= 0.3 is 69.4 Å². The summed E-state index contributed by atoms with van der Waals surface area (Å²) < 4.78 is 4.95. The van der Waals surface area contributed by atoms with E-state index in [9.17, 15) is 0 Å².